The average Bonchev–Trinajstić information content (AvgIpc) is 3.23. The Hall–Kier alpha value is -3.13. The molecule has 2 aromatic carbocycles. The summed E-state index contributed by atoms with van der Waals surface area (Å²) in [6, 6.07) is 13.0. The van der Waals surface area contributed by atoms with Gasteiger partial charge in [-0.1, -0.05) is 75.9 Å². The lowest BCUT2D eigenvalue weighted by Crippen LogP contribution is -2.46. The van der Waals surface area contributed by atoms with Gasteiger partial charge in [0.15, 0.2) is 0 Å². The van der Waals surface area contributed by atoms with E-state index in [0.717, 1.165) is 53.8 Å². The lowest BCUT2D eigenvalue weighted by atomic mass is 9.87. The number of nitrogens with zero attached hydrogens (tertiary/aromatic N) is 3. The average molecular weight is 563 g/mol. The number of carbonyl (C=O) groups excluding carboxylic acids is 2. The van der Waals surface area contributed by atoms with Crippen LogP contribution in [0.15, 0.2) is 42.5 Å². The number of benzene rings is 2. The highest BCUT2D eigenvalue weighted by atomic mass is 32.2. The van der Waals surface area contributed by atoms with Crippen LogP contribution in [0.3, 0.4) is 0 Å². The second-order valence-corrected chi connectivity index (χ2v) is 13.2. The highest BCUT2D eigenvalue weighted by molar-refractivity contribution is 8.00. The third kappa shape index (κ3) is 5.69. The summed E-state index contributed by atoms with van der Waals surface area (Å²) >= 11 is 1.40. The summed E-state index contributed by atoms with van der Waals surface area (Å²) in [5.41, 5.74) is 4.65. The first-order valence-corrected chi connectivity index (χ1v) is 15.3. The van der Waals surface area contributed by atoms with E-state index in [2.05, 4.69) is 32.2 Å². The van der Waals surface area contributed by atoms with Gasteiger partial charge in [-0.05, 0) is 44.4 Å². The van der Waals surface area contributed by atoms with E-state index in [1.807, 2.05) is 36.7 Å². The van der Waals surface area contributed by atoms with Gasteiger partial charge in [-0.15, -0.1) is 11.8 Å². The van der Waals surface area contributed by atoms with Gasteiger partial charge in [0, 0.05) is 22.6 Å². The summed E-state index contributed by atoms with van der Waals surface area (Å²) in [6.45, 7) is 10.2. The summed E-state index contributed by atoms with van der Waals surface area (Å²) < 4.78 is 17.1. The van der Waals surface area contributed by atoms with Crippen molar-refractivity contribution < 1.29 is 14.0 Å². The van der Waals surface area contributed by atoms with Crippen LogP contribution >= 0.6 is 11.8 Å². The Morgan fingerprint density at radius 3 is 2.50 bits per heavy atom. The van der Waals surface area contributed by atoms with Crippen LogP contribution in [-0.2, 0) is 15.0 Å². The zero-order valence-electron chi connectivity index (χ0n) is 24.1. The molecule has 1 aliphatic carbocycles. The lowest BCUT2D eigenvalue weighted by molar-refractivity contribution is -0.123. The van der Waals surface area contributed by atoms with Crippen molar-refractivity contribution in [3.63, 3.8) is 0 Å². The van der Waals surface area contributed by atoms with Gasteiger partial charge in [0.25, 0.3) is 0 Å². The maximum absolute atomic E-state index is 15.3. The molecule has 0 saturated heterocycles. The van der Waals surface area contributed by atoms with Crippen molar-refractivity contribution in [2.75, 3.05) is 17.2 Å². The zero-order valence-corrected chi connectivity index (χ0v) is 24.9. The maximum Gasteiger partial charge on any atom is 0.240 e. The van der Waals surface area contributed by atoms with Crippen LogP contribution in [0, 0.1) is 19.7 Å². The predicted molar refractivity (Wildman–Crippen MR) is 160 cm³/mol. The maximum atomic E-state index is 15.3. The third-order valence-corrected chi connectivity index (χ3v) is 9.08. The first kappa shape index (κ1) is 28.4. The van der Waals surface area contributed by atoms with E-state index in [1.165, 1.54) is 24.2 Å². The molecule has 1 N–H and O–H groups in total. The Morgan fingerprint density at radius 2 is 1.82 bits per heavy atom. The predicted octanol–water partition coefficient (Wildman–Crippen LogP) is 6.54. The number of fused-ring (bicyclic) bond motifs is 1. The second kappa shape index (κ2) is 11.4. The third-order valence-electron chi connectivity index (χ3n) is 7.84. The monoisotopic (exact) mass is 562 g/mol. The molecule has 0 radical (unpaired) electrons. The van der Waals surface area contributed by atoms with Crippen LogP contribution in [0.4, 0.5) is 10.2 Å². The fraction of sp³-hybridized carbons (Fsp3) is 0.469. The molecule has 3 aromatic rings. The summed E-state index contributed by atoms with van der Waals surface area (Å²) in [6.07, 6.45) is 5.33. The normalized spacial score (nSPS) is 18.4. The number of nitrogens with one attached hydrogen (secondary N) is 1. The van der Waals surface area contributed by atoms with Gasteiger partial charge in [0.2, 0.25) is 11.8 Å². The van der Waals surface area contributed by atoms with Crippen molar-refractivity contribution in [3.8, 4) is 5.69 Å². The van der Waals surface area contributed by atoms with Gasteiger partial charge >= 0.3 is 0 Å². The Morgan fingerprint density at radius 1 is 1.10 bits per heavy atom. The van der Waals surface area contributed by atoms with E-state index in [4.69, 9.17) is 5.10 Å². The van der Waals surface area contributed by atoms with Crippen LogP contribution in [0.25, 0.3) is 5.69 Å². The van der Waals surface area contributed by atoms with Crippen LogP contribution in [0.5, 0.6) is 0 Å². The molecule has 1 unspecified atom stereocenters. The first-order chi connectivity index (χ1) is 19.0. The quantitative estimate of drug-likeness (QED) is 0.383. The van der Waals surface area contributed by atoms with Gasteiger partial charge < -0.3 is 5.32 Å². The van der Waals surface area contributed by atoms with Crippen molar-refractivity contribution in [1.82, 2.24) is 15.1 Å². The molecule has 8 heteroatoms. The fourth-order valence-corrected chi connectivity index (χ4v) is 7.10. The summed E-state index contributed by atoms with van der Waals surface area (Å²) in [7, 11) is 0. The van der Waals surface area contributed by atoms with Gasteiger partial charge in [0.1, 0.15) is 18.2 Å². The highest BCUT2D eigenvalue weighted by Crippen LogP contribution is 2.49. The molecule has 2 aliphatic rings. The molecule has 0 spiro atoms. The Kier molecular flexibility index (Phi) is 8.09. The Balaban J connectivity index is 1.71. The van der Waals surface area contributed by atoms with E-state index in [9.17, 15) is 9.59 Å². The zero-order chi connectivity index (χ0) is 28.6. The standard InChI is InChI=1S/C32H39FN4O2S/c1-20-15-16-25(21(2)17-20)37-31-28(30(35-37)32(3,4)5)29(23-13-9-10-14-24(23)33)40-19-27(39)36(31)18-26(38)34-22-11-7-6-8-12-22/h9-10,13-17,22,29H,6-8,11-12,18-19H2,1-5H3,(H,34,38). The number of aromatic nitrogens is 2. The number of amides is 2. The number of hydrogen-bond donors (Lipinski definition) is 1. The Bertz CT molecular complexity index is 1420. The molecule has 212 valence electrons. The van der Waals surface area contributed by atoms with Crippen molar-refractivity contribution in [2.45, 2.75) is 83.4 Å². The van der Waals surface area contributed by atoms with Gasteiger partial charge in [-0.3, -0.25) is 14.5 Å². The smallest absolute Gasteiger partial charge is 0.240 e. The van der Waals surface area contributed by atoms with Crippen molar-refractivity contribution in [1.29, 1.82) is 0 Å². The minimum absolute atomic E-state index is 0.104. The molecule has 1 atom stereocenters. The molecule has 1 aromatic heterocycles. The molecule has 1 saturated carbocycles. The number of halogens is 1. The largest absolute Gasteiger partial charge is 0.352 e. The van der Waals surface area contributed by atoms with Crippen LogP contribution in [0.2, 0.25) is 0 Å². The van der Waals surface area contributed by atoms with Gasteiger partial charge in [-0.2, -0.15) is 5.10 Å². The van der Waals surface area contributed by atoms with E-state index < -0.39 is 10.7 Å². The van der Waals surface area contributed by atoms with E-state index in [-0.39, 0.29) is 36.0 Å². The van der Waals surface area contributed by atoms with Gasteiger partial charge in [0.05, 0.1) is 22.4 Å². The molecular formula is C32H39FN4O2S. The van der Waals surface area contributed by atoms with Crippen molar-refractivity contribution >= 4 is 29.4 Å². The van der Waals surface area contributed by atoms with Crippen LogP contribution < -0.4 is 10.2 Å². The number of carbonyl (C=O) groups is 2. The van der Waals surface area contributed by atoms with Crippen LogP contribution in [-0.4, -0.2) is 39.9 Å². The SMILES string of the molecule is Cc1ccc(-n2nc(C(C)(C)C)c3c2N(CC(=O)NC2CCCCC2)C(=O)CSC3c2ccccc2F)c(C)c1. The summed E-state index contributed by atoms with van der Waals surface area (Å²) in [4.78, 5) is 28.8. The summed E-state index contributed by atoms with van der Waals surface area (Å²) in [5, 5.41) is 7.85. The summed E-state index contributed by atoms with van der Waals surface area (Å²) in [5.74, 6) is 0.00217. The Labute approximate surface area is 240 Å². The topological polar surface area (TPSA) is 67.2 Å². The minimum Gasteiger partial charge on any atom is -0.352 e. The number of hydrogen-bond acceptors (Lipinski definition) is 4. The molecule has 1 aliphatic heterocycles. The molecule has 6 nitrogen and oxygen atoms in total. The number of thioether (sulfide) groups is 1. The van der Waals surface area contributed by atoms with Gasteiger partial charge in [-0.25, -0.2) is 9.07 Å². The lowest BCUT2D eigenvalue weighted by Gasteiger charge is -2.27. The molecule has 5 rings (SSSR count). The molecular weight excluding hydrogens is 523 g/mol. The van der Waals surface area contributed by atoms with E-state index in [0.29, 0.717) is 11.4 Å². The molecule has 2 heterocycles. The van der Waals surface area contributed by atoms with Crippen molar-refractivity contribution in [3.05, 3.63) is 76.2 Å². The minimum atomic E-state index is -0.458. The highest BCUT2D eigenvalue weighted by Gasteiger charge is 2.41. The number of anilines is 1. The van der Waals surface area contributed by atoms with Crippen LogP contribution in [0.1, 0.15) is 86.1 Å². The second-order valence-electron chi connectivity index (χ2n) is 12.1. The number of aryl methyl sites for hydroxylation is 2. The van der Waals surface area contributed by atoms with Crippen molar-refractivity contribution in [2.24, 2.45) is 0 Å². The molecule has 0 bridgehead atoms. The molecule has 1 fully saturated rings. The van der Waals surface area contributed by atoms with E-state index >= 15 is 4.39 Å². The molecule has 2 amide bonds. The first-order valence-electron chi connectivity index (χ1n) is 14.2. The number of rotatable bonds is 5. The fourth-order valence-electron chi connectivity index (χ4n) is 5.88. The molecule has 40 heavy (non-hydrogen) atoms. The van der Waals surface area contributed by atoms with E-state index in [1.54, 1.807) is 17.0 Å².